The van der Waals surface area contributed by atoms with Gasteiger partial charge in [0.1, 0.15) is 17.3 Å². The van der Waals surface area contributed by atoms with Gasteiger partial charge < -0.3 is 4.57 Å². The van der Waals surface area contributed by atoms with E-state index < -0.39 is 11.9 Å². The van der Waals surface area contributed by atoms with E-state index in [4.69, 9.17) is 0 Å². The van der Waals surface area contributed by atoms with Crippen molar-refractivity contribution >= 4 is 11.3 Å². The molecule has 0 N–H and O–H groups in total. The Balaban J connectivity index is 1.82. The third kappa shape index (κ3) is 3.48. The molecule has 0 fully saturated rings. The molecule has 3 rings (SSSR count). The van der Waals surface area contributed by atoms with Crippen molar-refractivity contribution < 1.29 is 13.2 Å². The Kier molecular flexibility index (Phi) is 4.40. The van der Waals surface area contributed by atoms with E-state index in [2.05, 4.69) is 15.0 Å². The summed E-state index contributed by atoms with van der Waals surface area (Å²) >= 11 is 1.59. The molecule has 0 bridgehead atoms. The highest BCUT2D eigenvalue weighted by Gasteiger charge is 2.33. The number of nitrogens with zero attached hydrogens (tertiary/aromatic N) is 4. The highest BCUT2D eigenvalue weighted by Crippen LogP contribution is 2.29. The number of rotatable bonds is 4. The summed E-state index contributed by atoms with van der Waals surface area (Å²) in [4.78, 5) is 13.2. The van der Waals surface area contributed by atoms with Crippen molar-refractivity contribution in [1.82, 2.24) is 19.5 Å². The Morgan fingerprint density at radius 1 is 1.21 bits per heavy atom. The van der Waals surface area contributed by atoms with E-state index >= 15 is 0 Å². The van der Waals surface area contributed by atoms with Gasteiger partial charge in [0.15, 0.2) is 0 Å². The Bertz CT molecular complexity index is 851. The lowest BCUT2D eigenvalue weighted by atomic mass is 10.2. The number of thiophene rings is 1. The molecule has 0 spiro atoms. The van der Waals surface area contributed by atoms with Gasteiger partial charge >= 0.3 is 6.18 Å². The smallest absolute Gasteiger partial charge is 0.330 e. The zero-order valence-electron chi connectivity index (χ0n) is 13.1. The number of halogens is 3. The van der Waals surface area contributed by atoms with Gasteiger partial charge in [0, 0.05) is 31.1 Å². The summed E-state index contributed by atoms with van der Waals surface area (Å²) < 4.78 is 40.5. The van der Waals surface area contributed by atoms with Crippen molar-refractivity contribution in [3.05, 3.63) is 52.7 Å². The predicted octanol–water partition coefficient (Wildman–Crippen LogP) is 4.28. The number of hydrogen-bond acceptors (Lipinski definition) is 4. The molecule has 0 aliphatic rings. The maximum absolute atomic E-state index is 12.9. The van der Waals surface area contributed by atoms with Crippen LogP contribution in [0.3, 0.4) is 0 Å². The molecular formula is C16H15F3N4S. The molecule has 24 heavy (non-hydrogen) atoms. The van der Waals surface area contributed by atoms with Crippen LogP contribution < -0.4 is 0 Å². The van der Waals surface area contributed by atoms with Crippen LogP contribution in [0.15, 0.2) is 29.9 Å². The zero-order chi connectivity index (χ0) is 17.3. The van der Waals surface area contributed by atoms with Crippen molar-refractivity contribution in [2.24, 2.45) is 0 Å². The molecule has 0 aliphatic heterocycles. The molecule has 0 amide bonds. The van der Waals surface area contributed by atoms with Crippen molar-refractivity contribution in [3.63, 3.8) is 0 Å². The van der Waals surface area contributed by atoms with Gasteiger partial charge in [0.25, 0.3) is 0 Å². The third-order valence-corrected chi connectivity index (χ3v) is 4.56. The molecule has 4 nitrogen and oxygen atoms in total. The summed E-state index contributed by atoms with van der Waals surface area (Å²) in [5, 5.41) is 1.99. The van der Waals surface area contributed by atoms with Gasteiger partial charge in [0.05, 0.1) is 4.88 Å². The lowest BCUT2D eigenvalue weighted by Crippen LogP contribution is -2.13. The van der Waals surface area contributed by atoms with Gasteiger partial charge in [-0.15, -0.1) is 11.3 Å². The molecule has 126 valence electrons. The van der Waals surface area contributed by atoms with Gasteiger partial charge in [-0.05, 0) is 36.9 Å². The largest absolute Gasteiger partial charge is 0.433 e. The van der Waals surface area contributed by atoms with Crippen LogP contribution >= 0.6 is 11.3 Å². The third-order valence-electron chi connectivity index (χ3n) is 3.55. The molecule has 3 aromatic rings. The van der Waals surface area contributed by atoms with Crippen LogP contribution in [0.25, 0.3) is 10.7 Å². The van der Waals surface area contributed by atoms with Gasteiger partial charge in [0.2, 0.25) is 0 Å². The summed E-state index contributed by atoms with van der Waals surface area (Å²) in [5.74, 6) is 0.996. The van der Waals surface area contributed by atoms with Crippen LogP contribution in [0.2, 0.25) is 0 Å². The quantitative estimate of drug-likeness (QED) is 0.704. The number of aromatic nitrogens is 4. The summed E-state index contributed by atoms with van der Waals surface area (Å²) in [6, 6.07) is 2.97. The average Bonchev–Trinajstić information content (AvgIpc) is 3.11. The maximum Gasteiger partial charge on any atom is 0.433 e. The van der Waals surface area contributed by atoms with E-state index in [0.29, 0.717) is 18.7 Å². The Labute approximate surface area is 141 Å². The van der Waals surface area contributed by atoms with Crippen LogP contribution in [0, 0.1) is 13.8 Å². The average molecular weight is 352 g/mol. The normalized spacial score (nSPS) is 11.9. The second-order valence-corrected chi connectivity index (χ2v) is 6.35. The van der Waals surface area contributed by atoms with Gasteiger partial charge in [-0.3, -0.25) is 0 Å². The topological polar surface area (TPSA) is 43.6 Å². The predicted molar refractivity (Wildman–Crippen MR) is 85.8 cm³/mol. The Hall–Kier alpha value is -2.22. The Morgan fingerprint density at radius 3 is 2.67 bits per heavy atom. The van der Waals surface area contributed by atoms with E-state index in [1.165, 1.54) is 6.92 Å². The second kappa shape index (κ2) is 6.35. The second-order valence-electron chi connectivity index (χ2n) is 5.44. The summed E-state index contributed by atoms with van der Waals surface area (Å²) in [5.41, 5.74) is 0.538. The number of alkyl halides is 3. The molecular weight excluding hydrogens is 337 g/mol. The number of imidazole rings is 1. The van der Waals surface area contributed by atoms with Crippen molar-refractivity contribution in [2.75, 3.05) is 0 Å². The number of aryl methyl sites for hydroxylation is 4. The van der Waals surface area contributed by atoms with E-state index in [9.17, 15) is 13.2 Å². The molecule has 0 aromatic carbocycles. The van der Waals surface area contributed by atoms with Gasteiger partial charge in [-0.1, -0.05) is 0 Å². The lowest BCUT2D eigenvalue weighted by molar-refractivity contribution is -0.141. The summed E-state index contributed by atoms with van der Waals surface area (Å²) in [7, 11) is 0. The standard InChI is InChI=1S/C16H15F3N4S/c1-10-4-8-24-14(10)15-20-5-7-23(15)6-3-13-21-11(2)9-12(22-13)16(17,18)19/h4-5,7-9H,3,6H2,1-2H3. The summed E-state index contributed by atoms with van der Waals surface area (Å²) in [6.45, 7) is 4.01. The fourth-order valence-corrected chi connectivity index (χ4v) is 3.35. The first-order valence-corrected chi connectivity index (χ1v) is 8.20. The van der Waals surface area contributed by atoms with E-state index in [1.807, 2.05) is 29.1 Å². The fourth-order valence-electron chi connectivity index (χ4n) is 2.41. The van der Waals surface area contributed by atoms with Crippen LogP contribution in [-0.4, -0.2) is 19.5 Å². The molecule has 3 heterocycles. The molecule has 0 saturated heterocycles. The molecule has 8 heteroatoms. The fraction of sp³-hybridized carbons (Fsp3) is 0.312. The minimum Gasteiger partial charge on any atom is -0.330 e. The first-order chi connectivity index (χ1) is 11.3. The van der Waals surface area contributed by atoms with Crippen LogP contribution in [-0.2, 0) is 19.1 Å². The molecule has 3 aromatic heterocycles. The van der Waals surface area contributed by atoms with E-state index in [1.54, 1.807) is 17.5 Å². The van der Waals surface area contributed by atoms with Crippen LogP contribution in [0.4, 0.5) is 13.2 Å². The highest BCUT2D eigenvalue weighted by molar-refractivity contribution is 7.13. The van der Waals surface area contributed by atoms with Crippen LogP contribution in [0.5, 0.6) is 0 Å². The Morgan fingerprint density at radius 2 is 2.00 bits per heavy atom. The first-order valence-electron chi connectivity index (χ1n) is 7.32. The number of hydrogen-bond donors (Lipinski definition) is 0. The minimum atomic E-state index is -4.46. The van der Waals surface area contributed by atoms with Crippen molar-refractivity contribution in [1.29, 1.82) is 0 Å². The first kappa shape index (κ1) is 16.6. The van der Waals surface area contributed by atoms with E-state index in [0.717, 1.165) is 22.3 Å². The van der Waals surface area contributed by atoms with Gasteiger partial charge in [-0.25, -0.2) is 15.0 Å². The van der Waals surface area contributed by atoms with Crippen LogP contribution in [0.1, 0.15) is 22.8 Å². The molecule has 0 aliphatic carbocycles. The van der Waals surface area contributed by atoms with Crippen molar-refractivity contribution in [3.8, 4) is 10.7 Å². The molecule has 0 radical (unpaired) electrons. The maximum atomic E-state index is 12.9. The monoisotopic (exact) mass is 352 g/mol. The molecule has 0 unspecified atom stereocenters. The molecule has 0 atom stereocenters. The van der Waals surface area contributed by atoms with Gasteiger partial charge in [-0.2, -0.15) is 13.2 Å². The minimum absolute atomic E-state index is 0.185. The van der Waals surface area contributed by atoms with E-state index in [-0.39, 0.29) is 5.82 Å². The highest BCUT2D eigenvalue weighted by atomic mass is 32.1. The molecule has 0 saturated carbocycles. The SMILES string of the molecule is Cc1cc(C(F)(F)F)nc(CCn2ccnc2-c2sccc2C)n1. The summed E-state index contributed by atoms with van der Waals surface area (Å²) in [6.07, 6.45) is -0.656. The zero-order valence-corrected chi connectivity index (χ0v) is 13.9. The lowest BCUT2D eigenvalue weighted by Gasteiger charge is -2.10. The van der Waals surface area contributed by atoms with Crippen molar-refractivity contribution in [2.45, 2.75) is 33.0 Å².